The summed E-state index contributed by atoms with van der Waals surface area (Å²) in [5.41, 5.74) is 0.662. The lowest BCUT2D eigenvalue weighted by Crippen LogP contribution is -2.28. The minimum atomic E-state index is -0.879. The van der Waals surface area contributed by atoms with Crippen molar-refractivity contribution < 1.29 is 30.0 Å². The van der Waals surface area contributed by atoms with Gasteiger partial charge in [-0.3, -0.25) is 0 Å². The van der Waals surface area contributed by atoms with Gasteiger partial charge in [-0.05, 0) is 44.0 Å². The first kappa shape index (κ1) is 26.0. The molecule has 0 fully saturated rings. The van der Waals surface area contributed by atoms with Crippen LogP contribution in [0.2, 0.25) is 0 Å². The number of carboxylic acids is 2. The predicted molar refractivity (Wildman–Crippen MR) is 113 cm³/mol. The van der Waals surface area contributed by atoms with Crippen LogP contribution in [0, 0.1) is 5.92 Å². The third-order valence-electron chi connectivity index (χ3n) is 4.03. The first-order valence-corrected chi connectivity index (χ1v) is 9.28. The fraction of sp³-hybridized carbons (Fsp3) is 0.304. The maximum Gasteiger partial charge on any atom is 0.335 e. The summed E-state index contributed by atoms with van der Waals surface area (Å²) in [6.07, 6.45) is 2.15. The molecule has 0 bridgehead atoms. The summed E-state index contributed by atoms with van der Waals surface area (Å²) in [5.74, 6) is -1.78. The van der Waals surface area contributed by atoms with E-state index in [1.807, 2.05) is 6.92 Å². The first-order chi connectivity index (χ1) is 13.7. The molecule has 2 rings (SSSR count). The average molecular weight is 402 g/mol. The molecule has 0 aromatic heterocycles. The fourth-order valence-electron chi connectivity index (χ4n) is 2.44. The normalized spacial score (nSPS) is 12.7. The Kier molecular flexibility index (Phi) is 13.5. The monoisotopic (exact) mass is 402 g/mol. The molecule has 0 spiro atoms. The van der Waals surface area contributed by atoms with Gasteiger partial charge in [0.2, 0.25) is 0 Å². The maximum atomic E-state index is 10.2. The summed E-state index contributed by atoms with van der Waals surface area (Å²) < 4.78 is 0. The summed E-state index contributed by atoms with van der Waals surface area (Å²) in [4.78, 5) is 20.4. The molecule has 3 atom stereocenters. The van der Waals surface area contributed by atoms with Gasteiger partial charge < -0.3 is 20.4 Å². The van der Waals surface area contributed by atoms with Gasteiger partial charge in [-0.1, -0.05) is 49.4 Å². The van der Waals surface area contributed by atoms with Gasteiger partial charge in [-0.25, -0.2) is 9.59 Å². The van der Waals surface area contributed by atoms with Crippen LogP contribution < -0.4 is 0 Å². The molecule has 2 aromatic rings. The summed E-state index contributed by atoms with van der Waals surface area (Å²) in [6, 6.07) is 16.6. The second-order valence-corrected chi connectivity index (χ2v) is 6.25. The Labute approximate surface area is 171 Å². The molecule has 0 amide bonds. The van der Waals surface area contributed by atoms with E-state index in [-0.39, 0.29) is 5.92 Å². The number of aromatic carboxylic acids is 2. The quantitative estimate of drug-likeness (QED) is 0.518. The zero-order chi connectivity index (χ0) is 22.2. The van der Waals surface area contributed by atoms with E-state index in [9.17, 15) is 19.8 Å². The lowest BCUT2D eigenvalue weighted by molar-refractivity contribution is 0.0216. The van der Waals surface area contributed by atoms with Crippen molar-refractivity contribution in [2.45, 2.75) is 38.9 Å². The highest BCUT2D eigenvalue weighted by Crippen LogP contribution is 2.16. The highest BCUT2D eigenvalue weighted by molar-refractivity contribution is 5.87. The second kappa shape index (κ2) is 15.0. The van der Waals surface area contributed by atoms with Gasteiger partial charge in [0, 0.05) is 5.92 Å². The summed E-state index contributed by atoms with van der Waals surface area (Å²) in [5, 5.41) is 35.4. The van der Waals surface area contributed by atoms with Crippen molar-refractivity contribution in [3.8, 4) is 0 Å². The minimum absolute atomic E-state index is 0.0204. The number of carboxylic acid groups (broad SMARTS) is 2. The fourth-order valence-corrected chi connectivity index (χ4v) is 2.44. The van der Waals surface area contributed by atoms with E-state index in [2.05, 4.69) is 6.58 Å². The van der Waals surface area contributed by atoms with Crippen molar-refractivity contribution in [3.63, 3.8) is 0 Å². The average Bonchev–Trinajstić information content (AvgIpc) is 2.71. The van der Waals surface area contributed by atoms with Crippen LogP contribution in [0.4, 0.5) is 0 Å². The number of benzene rings is 2. The molecule has 29 heavy (non-hydrogen) atoms. The molecule has 3 unspecified atom stereocenters. The van der Waals surface area contributed by atoms with Gasteiger partial charge in [0.25, 0.3) is 0 Å². The number of rotatable bonds is 7. The Morgan fingerprint density at radius 1 is 0.897 bits per heavy atom. The van der Waals surface area contributed by atoms with Crippen molar-refractivity contribution >= 4 is 11.9 Å². The third-order valence-corrected chi connectivity index (χ3v) is 4.03. The Morgan fingerprint density at radius 3 is 1.48 bits per heavy atom. The molecule has 0 heterocycles. The smallest absolute Gasteiger partial charge is 0.335 e. The van der Waals surface area contributed by atoms with Gasteiger partial charge >= 0.3 is 11.9 Å². The highest BCUT2D eigenvalue weighted by Gasteiger charge is 2.20. The number of hydrogen-bond donors (Lipinski definition) is 4. The van der Waals surface area contributed by atoms with Crippen LogP contribution in [-0.4, -0.2) is 44.6 Å². The second-order valence-electron chi connectivity index (χ2n) is 6.25. The molecule has 4 N–H and O–H groups in total. The third kappa shape index (κ3) is 11.5. The molecule has 0 saturated heterocycles. The molecule has 0 radical (unpaired) electrons. The summed E-state index contributed by atoms with van der Waals surface area (Å²) in [6.45, 7) is 7.21. The topological polar surface area (TPSA) is 115 Å². The van der Waals surface area contributed by atoms with Crippen molar-refractivity contribution in [2.75, 3.05) is 0 Å². The lowest BCUT2D eigenvalue weighted by atomic mass is 9.92. The van der Waals surface area contributed by atoms with E-state index in [0.29, 0.717) is 17.5 Å². The lowest BCUT2D eigenvalue weighted by Gasteiger charge is -2.22. The van der Waals surface area contributed by atoms with Gasteiger partial charge in [0.15, 0.2) is 0 Å². The standard InChI is InChI=1S/C9H18O2.2C7H6O2/c1-4-6-9(11)8(5-2)7(3)10;2*8-7(9)6-4-2-1-3-5-6/h4,7-11H,1,5-6H2,2-3H3;2*1-5H,(H,8,9). The van der Waals surface area contributed by atoms with Crippen LogP contribution in [0.3, 0.4) is 0 Å². The van der Waals surface area contributed by atoms with Gasteiger partial charge in [0.1, 0.15) is 0 Å². The summed E-state index contributed by atoms with van der Waals surface area (Å²) >= 11 is 0. The number of aliphatic hydroxyl groups excluding tert-OH is 2. The largest absolute Gasteiger partial charge is 0.478 e. The van der Waals surface area contributed by atoms with Crippen LogP contribution in [0.1, 0.15) is 47.4 Å². The minimum Gasteiger partial charge on any atom is -0.478 e. The van der Waals surface area contributed by atoms with Crippen LogP contribution in [0.5, 0.6) is 0 Å². The van der Waals surface area contributed by atoms with Crippen LogP contribution in [0.25, 0.3) is 0 Å². The van der Waals surface area contributed by atoms with Crippen molar-refractivity contribution in [3.05, 3.63) is 84.4 Å². The summed E-state index contributed by atoms with van der Waals surface area (Å²) in [7, 11) is 0. The van der Waals surface area contributed by atoms with Crippen LogP contribution in [-0.2, 0) is 0 Å². The number of aliphatic hydroxyl groups is 2. The highest BCUT2D eigenvalue weighted by atomic mass is 16.4. The molecule has 6 nitrogen and oxygen atoms in total. The molecule has 0 aliphatic heterocycles. The molecule has 0 saturated carbocycles. The molecular weight excluding hydrogens is 372 g/mol. The van der Waals surface area contributed by atoms with Gasteiger partial charge in [0.05, 0.1) is 23.3 Å². The first-order valence-electron chi connectivity index (χ1n) is 9.28. The van der Waals surface area contributed by atoms with Crippen molar-refractivity contribution in [1.82, 2.24) is 0 Å². The van der Waals surface area contributed by atoms with E-state index in [4.69, 9.17) is 10.2 Å². The molecule has 0 aliphatic rings. The van der Waals surface area contributed by atoms with Crippen molar-refractivity contribution in [2.24, 2.45) is 5.92 Å². The van der Waals surface area contributed by atoms with E-state index in [1.54, 1.807) is 73.7 Å². The van der Waals surface area contributed by atoms with E-state index in [1.165, 1.54) is 0 Å². The predicted octanol–water partition coefficient (Wildman–Crippen LogP) is 4.10. The van der Waals surface area contributed by atoms with Gasteiger partial charge in [-0.2, -0.15) is 0 Å². The Hall–Kier alpha value is -2.96. The molecule has 6 heteroatoms. The number of carbonyl (C=O) groups is 2. The maximum absolute atomic E-state index is 10.2. The van der Waals surface area contributed by atoms with E-state index >= 15 is 0 Å². The molecule has 158 valence electrons. The van der Waals surface area contributed by atoms with Crippen LogP contribution in [0.15, 0.2) is 73.3 Å². The number of hydrogen-bond acceptors (Lipinski definition) is 4. The molecular formula is C23H30O6. The SMILES string of the molecule is C=CCC(O)C(CC)C(C)O.O=C(O)c1ccccc1.O=C(O)c1ccccc1. The Bertz CT molecular complexity index is 663. The van der Waals surface area contributed by atoms with E-state index in [0.717, 1.165) is 6.42 Å². The van der Waals surface area contributed by atoms with Crippen LogP contribution >= 0.6 is 0 Å². The molecule has 2 aromatic carbocycles. The Balaban J connectivity index is 0.000000408. The van der Waals surface area contributed by atoms with Crippen molar-refractivity contribution in [1.29, 1.82) is 0 Å². The zero-order valence-corrected chi connectivity index (χ0v) is 16.8. The molecule has 0 aliphatic carbocycles. The Morgan fingerprint density at radius 2 is 1.28 bits per heavy atom. The van der Waals surface area contributed by atoms with E-state index < -0.39 is 24.1 Å². The zero-order valence-electron chi connectivity index (χ0n) is 16.8. The van der Waals surface area contributed by atoms with Gasteiger partial charge in [-0.15, -0.1) is 6.58 Å².